The van der Waals surface area contributed by atoms with Crippen molar-refractivity contribution in [3.05, 3.63) is 63.0 Å². The van der Waals surface area contributed by atoms with Crippen LogP contribution >= 0.6 is 15.9 Å². The maximum atomic E-state index is 11.5. The summed E-state index contributed by atoms with van der Waals surface area (Å²) >= 11 is 3.26. The number of aromatic amines is 1. The van der Waals surface area contributed by atoms with Crippen LogP contribution in [0, 0.1) is 0 Å². The number of nitrogens with zero attached hydrogens (tertiary/aromatic N) is 1. The van der Waals surface area contributed by atoms with Crippen LogP contribution in [0.2, 0.25) is 0 Å². The fourth-order valence-electron chi connectivity index (χ4n) is 2.36. The van der Waals surface area contributed by atoms with Gasteiger partial charge in [-0.25, -0.2) is 5.10 Å². The third-order valence-corrected chi connectivity index (χ3v) is 4.25. The SMILES string of the molecule is COc1ccc(CNc2cn[nH]c(=O)c2Br)c2ccccc12. The lowest BCUT2D eigenvalue weighted by Crippen LogP contribution is -2.12. The Balaban J connectivity index is 1.95. The fraction of sp³-hybridized carbons (Fsp3) is 0.125. The van der Waals surface area contributed by atoms with E-state index in [1.54, 1.807) is 13.3 Å². The molecule has 0 saturated carbocycles. The van der Waals surface area contributed by atoms with Crippen LogP contribution in [-0.4, -0.2) is 17.3 Å². The van der Waals surface area contributed by atoms with E-state index in [-0.39, 0.29) is 5.56 Å². The van der Waals surface area contributed by atoms with Crippen LogP contribution in [0.3, 0.4) is 0 Å². The number of ether oxygens (including phenoxy) is 1. The molecule has 112 valence electrons. The number of H-pyrrole nitrogens is 1. The molecule has 0 saturated heterocycles. The predicted octanol–water partition coefficient (Wildman–Crippen LogP) is 3.31. The molecule has 0 aliphatic carbocycles. The Hall–Kier alpha value is -2.34. The van der Waals surface area contributed by atoms with Crippen molar-refractivity contribution in [1.82, 2.24) is 10.2 Å². The van der Waals surface area contributed by atoms with Crippen LogP contribution in [0.15, 0.2) is 51.9 Å². The van der Waals surface area contributed by atoms with Crippen LogP contribution in [0.1, 0.15) is 5.56 Å². The summed E-state index contributed by atoms with van der Waals surface area (Å²) in [6, 6.07) is 12.0. The second-order valence-electron chi connectivity index (χ2n) is 4.75. The van der Waals surface area contributed by atoms with Crippen molar-refractivity contribution >= 4 is 32.4 Å². The summed E-state index contributed by atoms with van der Waals surface area (Å²) in [5.74, 6) is 0.846. The van der Waals surface area contributed by atoms with E-state index in [9.17, 15) is 4.79 Å². The molecular weight excluding hydrogens is 346 g/mol. The minimum absolute atomic E-state index is 0.260. The second kappa shape index (κ2) is 6.19. The van der Waals surface area contributed by atoms with Gasteiger partial charge >= 0.3 is 0 Å². The van der Waals surface area contributed by atoms with Gasteiger partial charge in [-0.15, -0.1) is 0 Å². The van der Waals surface area contributed by atoms with Crippen LogP contribution < -0.4 is 15.6 Å². The molecule has 0 spiro atoms. The lowest BCUT2D eigenvalue weighted by molar-refractivity contribution is 0.419. The molecule has 0 atom stereocenters. The van der Waals surface area contributed by atoms with Crippen molar-refractivity contribution in [1.29, 1.82) is 0 Å². The standard InChI is InChI=1S/C16H14BrN3O2/c1-22-14-7-6-10(11-4-2-3-5-12(11)14)8-18-13-9-19-20-16(21)15(13)17/h2-7,9H,8H2,1H3,(H2,18,20,21). The molecular formula is C16H14BrN3O2. The largest absolute Gasteiger partial charge is 0.496 e. The average Bonchev–Trinajstić information content (AvgIpc) is 2.56. The number of aromatic nitrogens is 2. The fourth-order valence-corrected chi connectivity index (χ4v) is 2.69. The zero-order valence-corrected chi connectivity index (χ0v) is 13.5. The number of methoxy groups -OCH3 is 1. The molecule has 1 heterocycles. The quantitative estimate of drug-likeness (QED) is 0.749. The van der Waals surface area contributed by atoms with Crippen LogP contribution in [-0.2, 0) is 6.54 Å². The maximum Gasteiger partial charge on any atom is 0.280 e. The van der Waals surface area contributed by atoms with Crippen LogP contribution in [0.5, 0.6) is 5.75 Å². The van der Waals surface area contributed by atoms with E-state index >= 15 is 0 Å². The van der Waals surface area contributed by atoms with Gasteiger partial charge in [0.2, 0.25) is 0 Å². The molecule has 0 radical (unpaired) electrons. The number of benzene rings is 2. The Kier molecular flexibility index (Phi) is 4.11. The van der Waals surface area contributed by atoms with Gasteiger partial charge < -0.3 is 10.1 Å². The van der Waals surface area contributed by atoms with Gasteiger partial charge in [0, 0.05) is 11.9 Å². The zero-order chi connectivity index (χ0) is 15.5. The van der Waals surface area contributed by atoms with Gasteiger partial charge in [0.1, 0.15) is 10.2 Å². The minimum atomic E-state index is -0.260. The first-order valence-corrected chi connectivity index (χ1v) is 7.51. The molecule has 1 aromatic heterocycles. The molecule has 6 heteroatoms. The van der Waals surface area contributed by atoms with Crippen molar-refractivity contribution in [2.24, 2.45) is 0 Å². The Labute approximate surface area is 135 Å². The molecule has 22 heavy (non-hydrogen) atoms. The predicted molar refractivity (Wildman–Crippen MR) is 90.4 cm³/mol. The minimum Gasteiger partial charge on any atom is -0.496 e. The number of fused-ring (bicyclic) bond motifs is 1. The van der Waals surface area contributed by atoms with E-state index in [0.717, 1.165) is 22.1 Å². The smallest absolute Gasteiger partial charge is 0.280 e. The summed E-state index contributed by atoms with van der Waals surface area (Å²) in [6.07, 6.45) is 1.58. The van der Waals surface area contributed by atoms with Crippen LogP contribution in [0.25, 0.3) is 10.8 Å². The Bertz CT molecular complexity index is 877. The molecule has 5 nitrogen and oxygen atoms in total. The van der Waals surface area contributed by atoms with Gasteiger partial charge in [0.05, 0.1) is 19.0 Å². The van der Waals surface area contributed by atoms with E-state index < -0.39 is 0 Å². The monoisotopic (exact) mass is 359 g/mol. The first-order valence-electron chi connectivity index (χ1n) is 6.72. The number of hydrogen-bond donors (Lipinski definition) is 2. The van der Waals surface area contributed by atoms with Gasteiger partial charge in [0.25, 0.3) is 5.56 Å². The van der Waals surface area contributed by atoms with E-state index in [1.807, 2.05) is 30.3 Å². The lowest BCUT2D eigenvalue weighted by Gasteiger charge is -2.12. The summed E-state index contributed by atoms with van der Waals surface area (Å²) in [6.45, 7) is 0.578. The van der Waals surface area contributed by atoms with E-state index in [1.165, 1.54) is 0 Å². The number of halogens is 1. The van der Waals surface area contributed by atoms with Crippen molar-refractivity contribution in [2.45, 2.75) is 6.54 Å². The van der Waals surface area contributed by atoms with Gasteiger partial charge in [0.15, 0.2) is 0 Å². The number of hydrogen-bond acceptors (Lipinski definition) is 4. The van der Waals surface area contributed by atoms with Crippen molar-refractivity contribution < 1.29 is 4.74 Å². The molecule has 3 aromatic rings. The highest BCUT2D eigenvalue weighted by atomic mass is 79.9. The first-order chi connectivity index (χ1) is 10.7. The first kappa shape index (κ1) is 14.6. The average molecular weight is 360 g/mol. The summed E-state index contributed by atoms with van der Waals surface area (Å²) < 4.78 is 5.84. The molecule has 0 aliphatic heterocycles. The van der Waals surface area contributed by atoms with Crippen molar-refractivity contribution in [3.63, 3.8) is 0 Å². The summed E-state index contributed by atoms with van der Waals surface area (Å²) in [5.41, 5.74) is 1.51. The third-order valence-electron chi connectivity index (χ3n) is 3.46. The Morgan fingerprint density at radius 1 is 1.23 bits per heavy atom. The van der Waals surface area contributed by atoms with Gasteiger partial charge in [-0.2, -0.15) is 5.10 Å². The summed E-state index contributed by atoms with van der Waals surface area (Å²) in [7, 11) is 1.67. The van der Waals surface area contributed by atoms with Gasteiger partial charge in [-0.1, -0.05) is 30.3 Å². The van der Waals surface area contributed by atoms with E-state index in [2.05, 4.69) is 37.5 Å². The maximum absolute atomic E-state index is 11.5. The number of rotatable bonds is 4. The molecule has 0 unspecified atom stereocenters. The van der Waals surface area contributed by atoms with Crippen molar-refractivity contribution in [2.75, 3.05) is 12.4 Å². The number of anilines is 1. The highest BCUT2D eigenvalue weighted by molar-refractivity contribution is 9.10. The third kappa shape index (κ3) is 2.69. The lowest BCUT2D eigenvalue weighted by atomic mass is 10.0. The molecule has 3 rings (SSSR count). The summed E-state index contributed by atoms with van der Waals surface area (Å²) in [5, 5.41) is 11.6. The second-order valence-corrected chi connectivity index (χ2v) is 5.55. The molecule has 2 aromatic carbocycles. The Morgan fingerprint density at radius 2 is 2.00 bits per heavy atom. The van der Waals surface area contributed by atoms with Crippen LogP contribution in [0.4, 0.5) is 5.69 Å². The zero-order valence-electron chi connectivity index (χ0n) is 11.9. The topological polar surface area (TPSA) is 67.0 Å². The molecule has 0 bridgehead atoms. The normalized spacial score (nSPS) is 10.6. The van der Waals surface area contributed by atoms with E-state index in [0.29, 0.717) is 16.7 Å². The summed E-state index contributed by atoms with van der Waals surface area (Å²) in [4.78, 5) is 11.5. The molecule has 0 fully saturated rings. The van der Waals surface area contributed by atoms with E-state index in [4.69, 9.17) is 4.74 Å². The van der Waals surface area contributed by atoms with Gasteiger partial charge in [-0.3, -0.25) is 4.79 Å². The number of nitrogens with one attached hydrogen (secondary N) is 2. The molecule has 0 aliphatic rings. The molecule has 0 amide bonds. The van der Waals surface area contributed by atoms with Gasteiger partial charge in [-0.05, 0) is 32.9 Å². The highest BCUT2D eigenvalue weighted by Crippen LogP contribution is 2.29. The molecule has 2 N–H and O–H groups in total. The highest BCUT2D eigenvalue weighted by Gasteiger charge is 2.08. The van der Waals surface area contributed by atoms with Crippen molar-refractivity contribution in [3.8, 4) is 5.75 Å². The Morgan fingerprint density at radius 3 is 2.77 bits per heavy atom.